The summed E-state index contributed by atoms with van der Waals surface area (Å²) in [4.78, 5) is 0. The maximum Gasteiger partial charge on any atom is 0.146 e. The zero-order chi connectivity index (χ0) is 14.7. The molecule has 1 aromatic heterocycles. The molecule has 2 rings (SSSR count). The number of hydrogen-bond acceptors (Lipinski definition) is 6. The SMILES string of the molecule is COc1cc(OC)c(Nc2snc(C)c2C#N)cc1Cl. The first-order chi connectivity index (χ1) is 9.60. The van der Waals surface area contributed by atoms with Crippen molar-refractivity contribution in [3.63, 3.8) is 0 Å². The van der Waals surface area contributed by atoms with Crippen LogP contribution in [-0.2, 0) is 0 Å². The van der Waals surface area contributed by atoms with Crippen molar-refractivity contribution in [1.29, 1.82) is 5.26 Å². The van der Waals surface area contributed by atoms with E-state index in [9.17, 15) is 0 Å². The largest absolute Gasteiger partial charge is 0.495 e. The summed E-state index contributed by atoms with van der Waals surface area (Å²) < 4.78 is 14.6. The van der Waals surface area contributed by atoms with Gasteiger partial charge >= 0.3 is 0 Å². The topological polar surface area (TPSA) is 67.2 Å². The molecular weight excluding hydrogens is 298 g/mol. The number of nitrogens with zero attached hydrogens (tertiary/aromatic N) is 2. The number of hydrogen-bond donors (Lipinski definition) is 1. The average molecular weight is 310 g/mol. The van der Waals surface area contributed by atoms with Gasteiger partial charge in [0.05, 0.1) is 30.6 Å². The van der Waals surface area contributed by atoms with Gasteiger partial charge in [0, 0.05) is 6.07 Å². The van der Waals surface area contributed by atoms with Gasteiger partial charge in [0.25, 0.3) is 0 Å². The number of aromatic nitrogens is 1. The molecule has 20 heavy (non-hydrogen) atoms. The van der Waals surface area contributed by atoms with Gasteiger partial charge in [-0.15, -0.1) is 0 Å². The highest BCUT2D eigenvalue weighted by Crippen LogP contribution is 2.38. The Morgan fingerprint density at radius 3 is 2.60 bits per heavy atom. The van der Waals surface area contributed by atoms with Crippen LogP contribution in [0.2, 0.25) is 5.02 Å². The number of anilines is 2. The van der Waals surface area contributed by atoms with Crippen molar-refractivity contribution in [2.75, 3.05) is 19.5 Å². The van der Waals surface area contributed by atoms with Gasteiger partial charge in [-0.3, -0.25) is 0 Å². The molecule has 0 saturated carbocycles. The Bertz CT molecular complexity index is 679. The third-order valence-electron chi connectivity index (χ3n) is 2.70. The third-order valence-corrected chi connectivity index (χ3v) is 3.85. The van der Waals surface area contributed by atoms with Crippen molar-refractivity contribution in [2.45, 2.75) is 6.92 Å². The zero-order valence-corrected chi connectivity index (χ0v) is 12.7. The van der Waals surface area contributed by atoms with E-state index < -0.39 is 0 Å². The number of nitriles is 1. The van der Waals surface area contributed by atoms with Crippen molar-refractivity contribution in [3.8, 4) is 17.6 Å². The summed E-state index contributed by atoms with van der Waals surface area (Å²) in [6.07, 6.45) is 0. The number of halogens is 1. The molecule has 0 unspecified atom stereocenters. The fourth-order valence-corrected chi connectivity index (χ4v) is 2.67. The molecule has 0 atom stereocenters. The van der Waals surface area contributed by atoms with E-state index in [-0.39, 0.29) is 0 Å². The maximum atomic E-state index is 9.13. The quantitative estimate of drug-likeness (QED) is 0.932. The molecule has 7 heteroatoms. The molecule has 2 aromatic rings. The fraction of sp³-hybridized carbons (Fsp3) is 0.231. The normalized spacial score (nSPS) is 9.95. The number of methoxy groups -OCH3 is 2. The Hall–Kier alpha value is -1.97. The Kier molecular flexibility index (Phi) is 4.32. The second-order valence-electron chi connectivity index (χ2n) is 3.90. The van der Waals surface area contributed by atoms with Crippen molar-refractivity contribution < 1.29 is 9.47 Å². The summed E-state index contributed by atoms with van der Waals surface area (Å²) in [5, 5.41) is 13.4. The standard InChI is InChI=1S/C13H12ClN3O2S/c1-7-8(6-15)13(20-17-7)16-10-4-9(14)11(18-2)5-12(10)19-3/h4-5,16H,1-3H3. The van der Waals surface area contributed by atoms with Gasteiger partial charge in [-0.2, -0.15) is 9.64 Å². The molecule has 1 N–H and O–H groups in total. The lowest BCUT2D eigenvalue weighted by Crippen LogP contribution is -1.96. The molecule has 0 aliphatic rings. The molecule has 0 aliphatic heterocycles. The first-order valence-electron chi connectivity index (χ1n) is 5.65. The molecule has 0 bridgehead atoms. The Morgan fingerprint density at radius 1 is 1.30 bits per heavy atom. The summed E-state index contributed by atoms with van der Waals surface area (Å²) in [6, 6.07) is 5.50. The number of rotatable bonds is 4. The lowest BCUT2D eigenvalue weighted by Gasteiger charge is -2.12. The number of benzene rings is 1. The van der Waals surface area contributed by atoms with Gasteiger partial charge in [-0.05, 0) is 24.5 Å². The number of nitrogens with one attached hydrogen (secondary N) is 1. The third kappa shape index (κ3) is 2.64. The van der Waals surface area contributed by atoms with Crippen molar-refractivity contribution in [3.05, 3.63) is 28.4 Å². The van der Waals surface area contributed by atoms with Crippen LogP contribution in [0, 0.1) is 18.3 Å². The van der Waals surface area contributed by atoms with Crippen LogP contribution in [-0.4, -0.2) is 18.6 Å². The van der Waals surface area contributed by atoms with E-state index in [2.05, 4.69) is 15.8 Å². The zero-order valence-electron chi connectivity index (χ0n) is 11.2. The van der Waals surface area contributed by atoms with Gasteiger partial charge in [0.2, 0.25) is 0 Å². The molecule has 0 aliphatic carbocycles. The van der Waals surface area contributed by atoms with E-state index >= 15 is 0 Å². The molecular formula is C13H12ClN3O2S. The van der Waals surface area contributed by atoms with Gasteiger partial charge in [0.15, 0.2) is 0 Å². The minimum Gasteiger partial charge on any atom is -0.495 e. The summed E-state index contributed by atoms with van der Waals surface area (Å²) in [5.41, 5.74) is 1.86. The second kappa shape index (κ2) is 5.99. The smallest absolute Gasteiger partial charge is 0.146 e. The summed E-state index contributed by atoms with van der Waals surface area (Å²) >= 11 is 7.32. The van der Waals surface area contributed by atoms with E-state index in [4.69, 9.17) is 26.3 Å². The van der Waals surface area contributed by atoms with Crippen molar-refractivity contribution in [2.24, 2.45) is 0 Å². The average Bonchev–Trinajstić information content (AvgIpc) is 2.79. The molecule has 0 amide bonds. The van der Waals surface area contributed by atoms with Crippen LogP contribution in [0.25, 0.3) is 0 Å². The lowest BCUT2D eigenvalue weighted by molar-refractivity contribution is 0.396. The number of ether oxygens (including phenoxy) is 2. The minimum atomic E-state index is 0.454. The molecule has 0 fully saturated rings. The van der Waals surface area contributed by atoms with E-state index in [1.807, 2.05) is 0 Å². The molecule has 0 radical (unpaired) electrons. The van der Waals surface area contributed by atoms with Gasteiger partial charge in [0.1, 0.15) is 28.1 Å². The first kappa shape index (κ1) is 14.4. The minimum absolute atomic E-state index is 0.454. The highest BCUT2D eigenvalue weighted by molar-refractivity contribution is 7.10. The van der Waals surface area contributed by atoms with E-state index in [0.29, 0.717) is 38.5 Å². The molecule has 1 heterocycles. The van der Waals surface area contributed by atoms with Gasteiger partial charge < -0.3 is 14.8 Å². The highest BCUT2D eigenvalue weighted by Gasteiger charge is 2.14. The molecule has 104 valence electrons. The van der Waals surface area contributed by atoms with Crippen molar-refractivity contribution in [1.82, 2.24) is 4.37 Å². The van der Waals surface area contributed by atoms with Crippen LogP contribution in [0.5, 0.6) is 11.5 Å². The highest BCUT2D eigenvalue weighted by atomic mass is 35.5. The van der Waals surface area contributed by atoms with E-state index in [1.165, 1.54) is 18.6 Å². The van der Waals surface area contributed by atoms with Crippen LogP contribution >= 0.6 is 23.1 Å². The number of aryl methyl sites for hydroxylation is 1. The van der Waals surface area contributed by atoms with Crippen LogP contribution in [0.15, 0.2) is 12.1 Å². The Labute approximate surface area is 125 Å². The predicted octanol–water partition coefficient (Wildman–Crippen LogP) is 3.74. The fourth-order valence-electron chi connectivity index (χ4n) is 1.67. The monoisotopic (exact) mass is 309 g/mol. The molecule has 0 spiro atoms. The van der Waals surface area contributed by atoms with Gasteiger partial charge in [-0.25, -0.2) is 0 Å². The van der Waals surface area contributed by atoms with Crippen LogP contribution in [0.1, 0.15) is 11.3 Å². The van der Waals surface area contributed by atoms with Crippen LogP contribution < -0.4 is 14.8 Å². The summed E-state index contributed by atoms with van der Waals surface area (Å²) in [7, 11) is 3.09. The first-order valence-corrected chi connectivity index (χ1v) is 6.80. The Balaban J connectivity index is 2.43. The molecule has 0 saturated heterocycles. The summed E-state index contributed by atoms with van der Waals surface area (Å²) in [6.45, 7) is 1.79. The van der Waals surface area contributed by atoms with E-state index in [1.54, 1.807) is 26.2 Å². The van der Waals surface area contributed by atoms with Crippen LogP contribution in [0.4, 0.5) is 10.7 Å². The second-order valence-corrected chi connectivity index (χ2v) is 5.08. The molecule has 5 nitrogen and oxygen atoms in total. The van der Waals surface area contributed by atoms with E-state index in [0.717, 1.165) is 0 Å². The van der Waals surface area contributed by atoms with Crippen molar-refractivity contribution >= 4 is 33.8 Å². The molecule has 1 aromatic carbocycles. The summed E-state index contributed by atoms with van der Waals surface area (Å²) in [5.74, 6) is 1.09. The lowest BCUT2D eigenvalue weighted by atomic mass is 10.2. The van der Waals surface area contributed by atoms with Gasteiger partial charge in [-0.1, -0.05) is 11.6 Å². The predicted molar refractivity (Wildman–Crippen MR) is 79.4 cm³/mol. The Morgan fingerprint density at radius 2 is 2.00 bits per heavy atom. The van der Waals surface area contributed by atoms with Crippen LogP contribution in [0.3, 0.4) is 0 Å². The maximum absolute atomic E-state index is 9.13.